The Morgan fingerprint density at radius 1 is 0.875 bits per heavy atom. The molecule has 1 N–H and O–H groups in total. The van der Waals surface area contributed by atoms with Crippen LogP contribution in [0.2, 0.25) is 0 Å². The number of nitrogens with zero attached hydrogens (tertiary/aromatic N) is 1. The molecule has 92 valence electrons. The summed E-state index contributed by atoms with van der Waals surface area (Å²) in [5, 5.41) is 10.0. The number of fused-ring (bicyclic) bond motifs is 1. The zero-order chi connectivity index (χ0) is 11.0. The molecular formula is C14H25NO. The fourth-order valence-corrected chi connectivity index (χ4v) is 4.21. The van der Waals surface area contributed by atoms with Crippen LogP contribution in [-0.2, 0) is 0 Å². The molecule has 2 heteroatoms. The van der Waals surface area contributed by atoms with Crippen LogP contribution in [0.3, 0.4) is 0 Å². The molecule has 0 radical (unpaired) electrons. The second-order valence-electron chi connectivity index (χ2n) is 6.28. The maximum atomic E-state index is 10.0. The van der Waals surface area contributed by atoms with Gasteiger partial charge in [-0.15, -0.1) is 0 Å². The summed E-state index contributed by atoms with van der Waals surface area (Å²) in [7, 11) is 0. The number of rotatable bonds is 2. The van der Waals surface area contributed by atoms with Gasteiger partial charge in [0.05, 0.1) is 6.10 Å². The molecule has 1 aliphatic heterocycles. The van der Waals surface area contributed by atoms with E-state index >= 15 is 0 Å². The molecule has 2 nitrogen and oxygen atoms in total. The van der Waals surface area contributed by atoms with Crippen LogP contribution in [0, 0.1) is 17.8 Å². The highest BCUT2D eigenvalue weighted by Crippen LogP contribution is 2.38. The van der Waals surface area contributed by atoms with Crippen molar-refractivity contribution in [2.24, 2.45) is 17.8 Å². The Hall–Kier alpha value is -0.0800. The van der Waals surface area contributed by atoms with Crippen LogP contribution in [0.1, 0.15) is 44.9 Å². The molecule has 1 saturated heterocycles. The van der Waals surface area contributed by atoms with E-state index in [9.17, 15) is 5.11 Å². The van der Waals surface area contributed by atoms with E-state index in [4.69, 9.17) is 0 Å². The minimum absolute atomic E-state index is 0.00538. The Kier molecular flexibility index (Phi) is 3.21. The highest BCUT2D eigenvalue weighted by atomic mass is 16.3. The Bertz CT molecular complexity index is 231. The van der Waals surface area contributed by atoms with E-state index in [1.807, 2.05) is 0 Å². The van der Waals surface area contributed by atoms with Gasteiger partial charge in [0.25, 0.3) is 0 Å². The molecule has 3 rings (SSSR count). The molecule has 2 aliphatic carbocycles. The summed E-state index contributed by atoms with van der Waals surface area (Å²) in [5.74, 6) is 2.58. The normalized spacial score (nSPS) is 44.8. The molecule has 4 unspecified atom stereocenters. The van der Waals surface area contributed by atoms with Crippen molar-refractivity contribution in [3.63, 3.8) is 0 Å². The molecule has 0 bridgehead atoms. The van der Waals surface area contributed by atoms with E-state index < -0.39 is 0 Å². The van der Waals surface area contributed by atoms with Crippen molar-refractivity contribution in [3.05, 3.63) is 0 Å². The number of aliphatic hydroxyl groups is 1. The summed E-state index contributed by atoms with van der Waals surface area (Å²) >= 11 is 0. The molecule has 0 aromatic rings. The fourth-order valence-electron chi connectivity index (χ4n) is 4.21. The second kappa shape index (κ2) is 4.66. The van der Waals surface area contributed by atoms with Gasteiger partial charge in [0.2, 0.25) is 0 Å². The van der Waals surface area contributed by atoms with Crippen LogP contribution < -0.4 is 0 Å². The van der Waals surface area contributed by atoms with Crippen LogP contribution in [0.5, 0.6) is 0 Å². The lowest BCUT2D eigenvalue weighted by molar-refractivity contribution is 0.0496. The molecule has 3 fully saturated rings. The third kappa shape index (κ3) is 2.14. The van der Waals surface area contributed by atoms with Gasteiger partial charge in [0, 0.05) is 19.6 Å². The Labute approximate surface area is 99.0 Å². The number of hydrogen-bond donors (Lipinski definition) is 1. The van der Waals surface area contributed by atoms with Crippen molar-refractivity contribution < 1.29 is 5.11 Å². The van der Waals surface area contributed by atoms with E-state index in [1.165, 1.54) is 58.2 Å². The van der Waals surface area contributed by atoms with Crippen LogP contribution in [0.15, 0.2) is 0 Å². The molecule has 0 aromatic carbocycles. The Morgan fingerprint density at radius 2 is 1.56 bits per heavy atom. The molecule has 16 heavy (non-hydrogen) atoms. The molecule has 3 aliphatic rings. The van der Waals surface area contributed by atoms with Crippen LogP contribution in [0.25, 0.3) is 0 Å². The first-order valence-electron chi connectivity index (χ1n) is 7.23. The van der Waals surface area contributed by atoms with Crippen molar-refractivity contribution in [1.82, 2.24) is 4.90 Å². The summed E-state index contributed by atoms with van der Waals surface area (Å²) in [5.41, 5.74) is 0. The number of hydrogen-bond acceptors (Lipinski definition) is 2. The van der Waals surface area contributed by atoms with Gasteiger partial charge in [0.15, 0.2) is 0 Å². The third-order valence-electron chi connectivity index (χ3n) is 5.16. The van der Waals surface area contributed by atoms with Gasteiger partial charge in [-0.1, -0.05) is 19.3 Å². The minimum atomic E-state index is -0.00538. The lowest BCUT2D eigenvalue weighted by Gasteiger charge is -2.31. The number of aliphatic hydroxyl groups excluding tert-OH is 1. The first-order chi connectivity index (χ1) is 7.83. The average molecular weight is 223 g/mol. The van der Waals surface area contributed by atoms with Gasteiger partial charge in [0.1, 0.15) is 0 Å². The molecular weight excluding hydrogens is 198 g/mol. The van der Waals surface area contributed by atoms with Gasteiger partial charge >= 0.3 is 0 Å². The van der Waals surface area contributed by atoms with Gasteiger partial charge in [-0.25, -0.2) is 0 Å². The summed E-state index contributed by atoms with van der Waals surface area (Å²) in [6, 6.07) is 0. The van der Waals surface area contributed by atoms with E-state index in [2.05, 4.69) is 4.90 Å². The fraction of sp³-hybridized carbons (Fsp3) is 1.00. The average Bonchev–Trinajstić information content (AvgIpc) is 2.81. The van der Waals surface area contributed by atoms with E-state index in [1.54, 1.807) is 0 Å². The molecule has 2 saturated carbocycles. The Morgan fingerprint density at radius 3 is 2.25 bits per heavy atom. The zero-order valence-electron chi connectivity index (χ0n) is 10.3. The summed E-state index contributed by atoms with van der Waals surface area (Å²) in [6.07, 6.45) is 9.27. The zero-order valence-corrected chi connectivity index (χ0v) is 10.3. The Balaban J connectivity index is 1.51. The predicted octanol–water partition coefficient (Wildman–Crippen LogP) is 2.27. The van der Waals surface area contributed by atoms with E-state index in [0.29, 0.717) is 5.92 Å². The van der Waals surface area contributed by atoms with Crippen molar-refractivity contribution in [1.29, 1.82) is 0 Å². The summed E-state index contributed by atoms with van der Waals surface area (Å²) in [6.45, 7) is 3.83. The van der Waals surface area contributed by atoms with Gasteiger partial charge in [-0.2, -0.15) is 0 Å². The van der Waals surface area contributed by atoms with Crippen LogP contribution in [-0.4, -0.2) is 35.7 Å². The minimum Gasteiger partial charge on any atom is -0.393 e. The largest absolute Gasteiger partial charge is 0.393 e. The predicted molar refractivity (Wildman–Crippen MR) is 65.2 cm³/mol. The third-order valence-corrected chi connectivity index (χ3v) is 5.16. The van der Waals surface area contributed by atoms with Gasteiger partial charge < -0.3 is 10.0 Å². The lowest BCUT2D eigenvalue weighted by atomic mass is 9.86. The van der Waals surface area contributed by atoms with Gasteiger partial charge in [-0.05, 0) is 43.4 Å². The molecule has 0 aromatic heterocycles. The summed E-state index contributed by atoms with van der Waals surface area (Å²) < 4.78 is 0. The molecule has 4 atom stereocenters. The summed E-state index contributed by atoms with van der Waals surface area (Å²) in [4.78, 5) is 2.65. The quantitative estimate of drug-likeness (QED) is 0.776. The standard InChI is InChI=1S/C14H25NO/c16-14-7-2-1-4-13(14)10-15-8-11-5-3-6-12(11)9-15/h11-14,16H,1-10H2. The van der Waals surface area contributed by atoms with E-state index in [0.717, 1.165) is 18.3 Å². The highest BCUT2D eigenvalue weighted by molar-refractivity contribution is 4.90. The first-order valence-corrected chi connectivity index (χ1v) is 7.23. The van der Waals surface area contributed by atoms with Gasteiger partial charge in [-0.3, -0.25) is 0 Å². The SMILES string of the molecule is OC1CCCCC1CN1CC2CCCC2C1. The van der Waals surface area contributed by atoms with Crippen molar-refractivity contribution in [2.45, 2.75) is 51.0 Å². The monoisotopic (exact) mass is 223 g/mol. The van der Waals surface area contributed by atoms with Crippen molar-refractivity contribution in [2.75, 3.05) is 19.6 Å². The van der Waals surface area contributed by atoms with Crippen LogP contribution in [0.4, 0.5) is 0 Å². The van der Waals surface area contributed by atoms with E-state index in [-0.39, 0.29) is 6.10 Å². The van der Waals surface area contributed by atoms with Crippen molar-refractivity contribution >= 4 is 0 Å². The first kappa shape index (κ1) is 11.0. The number of likely N-dealkylation sites (tertiary alicyclic amines) is 1. The molecule has 0 amide bonds. The maximum absolute atomic E-state index is 10.0. The topological polar surface area (TPSA) is 23.5 Å². The lowest BCUT2D eigenvalue weighted by Crippen LogP contribution is -2.36. The van der Waals surface area contributed by atoms with Crippen molar-refractivity contribution in [3.8, 4) is 0 Å². The van der Waals surface area contributed by atoms with Crippen LogP contribution >= 0.6 is 0 Å². The highest BCUT2D eigenvalue weighted by Gasteiger charge is 2.37. The smallest absolute Gasteiger partial charge is 0.0580 e. The second-order valence-corrected chi connectivity index (χ2v) is 6.28. The molecule has 1 heterocycles. The molecule has 0 spiro atoms. The maximum Gasteiger partial charge on any atom is 0.0580 e.